The number of phenolic OH excluding ortho intramolecular Hbond substituents is 1. The van der Waals surface area contributed by atoms with Crippen molar-refractivity contribution in [2.24, 2.45) is 17.8 Å². The van der Waals surface area contributed by atoms with E-state index in [0.29, 0.717) is 17.2 Å². The highest BCUT2D eigenvalue weighted by Crippen LogP contribution is 2.46. The van der Waals surface area contributed by atoms with E-state index < -0.39 is 0 Å². The molecule has 1 heterocycles. The van der Waals surface area contributed by atoms with E-state index in [-0.39, 0.29) is 29.4 Å². The molecule has 0 bridgehead atoms. The summed E-state index contributed by atoms with van der Waals surface area (Å²) in [5.74, 6) is 0.106. The van der Waals surface area contributed by atoms with E-state index >= 15 is 0 Å². The van der Waals surface area contributed by atoms with Gasteiger partial charge in [0, 0.05) is 5.56 Å². The third kappa shape index (κ3) is 1.74. The number of benzene rings is 1. The van der Waals surface area contributed by atoms with E-state index in [1.165, 1.54) is 4.90 Å². The molecule has 1 N–H and O–H groups in total. The number of hydrogen-bond donors (Lipinski definition) is 1. The zero-order chi connectivity index (χ0) is 14.4. The molecule has 106 valence electrons. The molecule has 3 rings (SSSR count). The predicted octanol–water partition coefficient (Wildman–Crippen LogP) is 2.63. The summed E-state index contributed by atoms with van der Waals surface area (Å²) in [4.78, 5) is 26.4. The molecule has 1 aliphatic carbocycles. The van der Waals surface area contributed by atoms with Gasteiger partial charge in [0.15, 0.2) is 0 Å². The Bertz CT molecular complexity index is 557. The minimum Gasteiger partial charge on any atom is -0.508 e. The van der Waals surface area contributed by atoms with Crippen LogP contribution < -0.4 is 4.90 Å². The number of hydrogen-bond acceptors (Lipinski definition) is 3. The molecule has 1 aliphatic heterocycles. The van der Waals surface area contributed by atoms with Crippen LogP contribution in [0.4, 0.5) is 5.69 Å². The van der Waals surface area contributed by atoms with Gasteiger partial charge in [0.2, 0.25) is 11.8 Å². The van der Waals surface area contributed by atoms with E-state index in [1.54, 1.807) is 25.1 Å². The smallest absolute Gasteiger partial charge is 0.237 e. The molecule has 20 heavy (non-hydrogen) atoms. The van der Waals surface area contributed by atoms with Crippen molar-refractivity contribution in [3.63, 3.8) is 0 Å². The summed E-state index contributed by atoms with van der Waals surface area (Å²) in [6, 6.07) is 4.96. The fourth-order valence-corrected chi connectivity index (χ4v) is 3.55. The third-order valence-electron chi connectivity index (χ3n) is 4.83. The van der Waals surface area contributed by atoms with Crippen molar-refractivity contribution in [2.45, 2.75) is 33.1 Å². The van der Waals surface area contributed by atoms with Crippen molar-refractivity contribution in [1.29, 1.82) is 0 Å². The van der Waals surface area contributed by atoms with E-state index in [4.69, 9.17) is 0 Å². The Kier molecular flexibility index (Phi) is 3.04. The van der Waals surface area contributed by atoms with Gasteiger partial charge in [-0.3, -0.25) is 9.59 Å². The number of carbonyl (C=O) groups is 2. The summed E-state index contributed by atoms with van der Waals surface area (Å²) in [6.07, 6.45) is 2.67. The van der Waals surface area contributed by atoms with Gasteiger partial charge in [0.1, 0.15) is 5.75 Å². The summed E-state index contributed by atoms with van der Waals surface area (Å²) in [5, 5.41) is 9.77. The Morgan fingerprint density at radius 1 is 1.20 bits per heavy atom. The number of aromatic hydroxyl groups is 1. The first-order valence-electron chi connectivity index (χ1n) is 7.21. The fourth-order valence-electron chi connectivity index (χ4n) is 3.55. The van der Waals surface area contributed by atoms with E-state index in [0.717, 1.165) is 19.3 Å². The zero-order valence-electron chi connectivity index (χ0n) is 11.8. The minimum atomic E-state index is -0.158. The molecular weight excluding hydrogens is 254 g/mol. The maximum atomic E-state index is 12.5. The maximum absolute atomic E-state index is 12.5. The lowest BCUT2D eigenvalue weighted by atomic mass is 10.00. The van der Waals surface area contributed by atoms with Crippen LogP contribution in [-0.4, -0.2) is 16.9 Å². The Morgan fingerprint density at radius 3 is 2.35 bits per heavy atom. The fraction of sp³-hybridized carbons (Fsp3) is 0.500. The number of anilines is 1. The first-order chi connectivity index (χ1) is 9.54. The van der Waals surface area contributed by atoms with Crippen molar-refractivity contribution in [2.75, 3.05) is 4.90 Å². The molecule has 2 amide bonds. The highest BCUT2D eigenvalue weighted by molar-refractivity contribution is 6.22. The normalized spacial score (nSPS) is 29.1. The molecule has 0 radical (unpaired) electrons. The van der Waals surface area contributed by atoms with Gasteiger partial charge in [-0.25, -0.2) is 4.90 Å². The SMILES string of the molecule is CCC1CC2C(=O)N(c3cccc(O)c3C)C(=O)C2C1. The van der Waals surface area contributed by atoms with Crippen LogP contribution in [0, 0.1) is 24.7 Å². The van der Waals surface area contributed by atoms with Crippen molar-refractivity contribution < 1.29 is 14.7 Å². The summed E-state index contributed by atoms with van der Waals surface area (Å²) in [5.41, 5.74) is 1.11. The molecule has 0 aromatic heterocycles. The third-order valence-corrected chi connectivity index (χ3v) is 4.83. The number of amides is 2. The first-order valence-corrected chi connectivity index (χ1v) is 7.21. The number of phenols is 1. The monoisotopic (exact) mass is 273 g/mol. The van der Waals surface area contributed by atoms with Crippen LogP contribution in [0.1, 0.15) is 31.7 Å². The standard InChI is InChI=1S/C16H19NO3/c1-3-10-7-11-12(8-10)16(20)17(15(11)19)13-5-4-6-14(18)9(13)2/h4-6,10-12,18H,3,7-8H2,1-2H3. The van der Waals surface area contributed by atoms with Gasteiger partial charge < -0.3 is 5.11 Å². The second kappa shape index (κ2) is 4.62. The quantitative estimate of drug-likeness (QED) is 0.843. The van der Waals surface area contributed by atoms with Crippen molar-refractivity contribution >= 4 is 17.5 Å². The molecule has 1 saturated carbocycles. The van der Waals surface area contributed by atoms with E-state index in [1.807, 2.05) is 0 Å². The van der Waals surface area contributed by atoms with Crippen LogP contribution in [0.2, 0.25) is 0 Å². The molecule has 1 aromatic rings. The average Bonchev–Trinajstić information content (AvgIpc) is 2.95. The molecule has 0 spiro atoms. The van der Waals surface area contributed by atoms with Crippen LogP contribution in [0.3, 0.4) is 0 Å². The lowest BCUT2D eigenvalue weighted by Crippen LogP contribution is -2.32. The van der Waals surface area contributed by atoms with Crippen molar-refractivity contribution in [1.82, 2.24) is 0 Å². The van der Waals surface area contributed by atoms with Crippen LogP contribution in [-0.2, 0) is 9.59 Å². The van der Waals surface area contributed by atoms with E-state index in [2.05, 4.69) is 6.92 Å². The Balaban J connectivity index is 1.96. The highest BCUT2D eigenvalue weighted by Gasteiger charge is 2.52. The van der Waals surface area contributed by atoms with Gasteiger partial charge >= 0.3 is 0 Å². The number of imide groups is 1. The van der Waals surface area contributed by atoms with Crippen molar-refractivity contribution in [3.8, 4) is 5.75 Å². The van der Waals surface area contributed by atoms with Gasteiger partial charge in [0.05, 0.1) is 17.5 Å². The van der Waals surface area contributed by atoms with E-state index in [9.17, 15) is 14.7 Å². The minimum absolute atomic E-state index is 0.0929. The van der Waals surface area contributed by atoms with Gasteiger partial charge in [-0.2, -0.15) is 0 Å². The molecule has 1 saturated heterocycles. The Hall–Kier alpha value is -1.84. The molecule has 2 aliphatic rings. The molecule has 1 aromatic carbocycles. The van der Waals surface area contributed by atoms with Gasteiger partial charge in [-0.15, -0.1) is 0 Å². The second-order valence-corrected chi connectivity index (χ2v) is 5.89. The predicted molar refractivity (Wildman–Crippen MR) is 75.3 cm³/mol. The second-order valence-electron chi connectivity index (χ2n) is 5.89. The topological polar surface area (TPSA) is 57.6 Å². The van der Waals surface area contributed by atoms with Gasteiger partial charge in [-0.1, -0.05) is 19.4 Å². The van der Waals surface area contributed by atoms with Crippen LogP contribution in [0.5, 0.6) is 5.75 Å². The van der Waals surface area contributed by atoms with Crippen LogP contribution in [0.15, 0.2) is 18.2 Å². The maximum Gasteiger partial charge on any atom is 0.237 e. The average molecular weight is 273 g/mol. The summed E-state index contributed by atoms with van der Waals surface area (Å²) >= 11 is 0. The Morgan fingerprint density at radius 2 is 1.80 bits per heavy atom. The van der Waals surface area contributed by atoms with Gasteiger partial charge in [-0.05, 0) is 37.8 Å². The molecule has 4 nitrogen and oxygen atoms in total. The molecule has 2 fully saturated rings. The van der Waals surface area contributed by atoms with Gasteiger partial charge in [0.25, 0.3) is 0 Å². The molecule has 4 heteroatoms. The first kappa shape index (κ1) is 13.2. The Labute approximate surface area is 118 Å². The molecule has 2 atom stereocenters. The zero-order valence-corrected chi connectivity index (χ0v) is 11.8. The number of carbonyl (C=O) groups excluding carboxylic acids is 2. The van der Waals surface area contributed by atoms with Crippen LogP contribution in [0.25, 0.3) is 0 Å². The lowest BCUT2D eigenvalue weighted by Gasteiger charge is -2.19. The largest absolute Gasteiger partial charge is 0.508 e. The summed E-state index contributed by atoms with van der Waals surface area (Å²) < 4.78 is 0. The van der Waals surface area contributed by atoms with Crippen molar-refractivity contribution in [3.05, 3.63) is 23.8 Å². The van der Waals surface area contributed by atoms with Crippen LogP contribution >= 0.6 is 0 Å². The highest BCUT2D eigenvalue weighted by atomic mass is 16.3. The summed E-state index contributed by atoms with van der Waals surface area (Å²) in [7, 11) is 0. The molecular formula is C16H19NO3. The lowest BCUT2D eigenvalue weighted by molar-refractivity contribution is -0.123. The number of fused-ring (bicyclic) bond motifs is 1. The number of rotatable bonds is 2. The molecule has 2 unspecified atom stereocenters. The number of nitrogens with zero attached hydrogens (tertiary/aromatic N) is 1. The summed E-state index contributed by atoms with van der Waals surface area (Å²) in [6.45, 7) is 3.84.